The topological polar surface area (TPSA) is 70.6 Å². The van der Waals surface area contributed by atoms with Gasteiger partial charge in [0, 0.05) is 6.04 Å². The number of allylic oxidation sites excluding steroid dienone is 1. The minimum Gasteiger partial charge on any atom is -0.457 e. The van der Waals surface area contributed by atoms with Gasteiger partial charge in [-0.25, -0.2) is 14.7 Å². The first kappa shape index (κ1) is 16.0. The zero-order valence-electron chi connectivity index (χ0n) is 12.8. The van der Waals surface area contributed by atoms with Gasteiger partial charge in [0.25, 0.3) is 0 Å². The Morgan fingerprint density at radius 1 is 1.17 bits per heavy atom. The average Bonchev–Trinajstić information content (AvgIpc) is 3.05. The largest absolute Gasteiger partial charge is 0.457 e. The van der Waals surface area contributed by atoms with E-state index in [1.165, 1.54) is 12.1 Å². The number of ether oxygens (including phenoxy) is 1. The molecule has 2 aromatic rings. The van der Waals surface area contributed by atoms with Gasteiger partial charge >= 0.3 is 6.03 Å². The number of urea groups is 1. The lowest BCUT2D eigenvalue weighted by atomic mass is 10.1. The Balaban J connectivity index is 1.72. The Labute approximate surface area is 138 Å². The maximum absolute atomic E-state index is 12.9. The smallest absolute Gasteiger partial charge is 0.338 e. The predicted octanol–water partition coefficient (Wildman–Crippen LogP) is 3.85. The Morgan fingerprint density at radius 3 is 2.71 bits per heavy atom. The van der Waals surface area contributed by atoms with Gasteiger partial charge < -0.3 is 10.1 Å². The van der Waals surface area contributed by atoms with Gasteiger partial charge in [-0.1, -0.05) is 18.2 Å². The fraction of sp³-hybridized carbons (Fsp3) is 0.167. The molecule has 1 unspecified atom stereocenters. The first-order valence-electron chi connectivity index (χ1n) is 7.59. The van der Waals surface area contributed by atoms with Crippen molar-refractivity contribution in [3.63, 3.8) is 0 Å². The van der Waals surface area contributed by atoms with E-state index in [0.29, 0.717) is 11.5 Å². The second-order valence-electron chi connectivity index (χ2n) is 5.51. The molecule has 1 aliphatic carbocycles. The number of nitrogens with one attached hydrogen (secondary N) is 2. The lowest BCUT2D eigenvalue weighted by Gasteiger charge is -2.08. The average molecular weight is 328 g/mol. The maximum Gasteiger partial charge on any atom is 0.338 e. The van der Waals surface area contributed by atoms with Gasteiger partial charge in [-0.2, -0.15) is 0 Å². The molecule has 3 N–H and O–H groups in total. The highest BCUT2D eigenvalue weighted by Gasteiger charge is 2.18. The molecule has 124 valence electrons. The number of carbonyl (C=O) groups excluding carboxylic acids is 1. The zero-order chi connectivity index (χ0) is 16.9. The summed E-state index contributed by atoms with van der Waals surface area (Å²) in [7, 11) is 0. The third kappa shape index (κ3) is 3.91. The van der Waals surface area contributed by atoms with Gasteiger partial charge in [0.15, 0.2) is 0 Å². The molecule has 1 atom stereocenters. The predicted molar refractivity (Wildman–Crippen MR) is 87.4 cm³/mol. The van der Waals surface area contributed by atoms with Crippen molar-refractivity contribution in [3.05, 3.63) is 66.0 Å². The van der Waals surface area contributed by atoms with Crippen LogP contribution in [0.25, 0.3) is 5.57 Å². The number of benzene rings is 2. The van der Waals surface area contributed by atoms with Crippen LogP contribution in [-0.2, 0) is 0 Å². The second-order valence-corrected chi connectivity index (χ2v) is 5.51. The summed E-state index contributed by atoms with van der Waals surface area (Å²) in [6, 6.07) is 12.7. The third-order valence-electron chi connectivity index (χ3n) is 3.80. The Hall–Kier alpha value is -2.86. The summed E-state index contributed by atoms with van der Waals surface area (Å²) in [5.74, 6) is 0.912. The molecule has 0 bridgehead atoms. The van der Waals surface area contributed by atoms with Gasteiger partial charge in [0.05, 0.1) is 0 Å². The monoisotopic (exact) mass is 328 g/mol. The Kier molecular flexibility index (Phi) is 4.77. The van der Waals surface area contributed by atoms with Crippen molar-refractivity contribution in [2.75, 3.05) is 0 Å². The lowest BCUT2D eigenvalue weighted by molar-refractivity contribution is 0.160. The summed E-state index contributed by atoms with van der Waals surface area (Å²) < 4.78 is 18.7. The van der Waals surface area contributed by atoms with Crippen molar-refractivity contribution in [1.29, 1.82) is 0 Å². The van der Waals surface area contributed by atoms with Crippen LogP contribution in [0.15, 0.2) is 54.6 Å². The number of carbonyl (C=O) groups is 1. The standard InChI is InChI=1S/C18H17FN2O3/c19-14-5-8-16(9-6-14)24-17-3-1-2-12(11-17)13-4-7-15(10-13)20-18(22)21-23/h1-3,5-6,8-11,15,23H,4,7H2,(H2,20,21,22). The molecule has 0 spiro atoms. The van der Waals surface area contributed by atoms with Crippen LogP contribution in [0.3, 0.4) is 0 Å². The molecule has 1 aliphatic rings. The lowest BCUT2D eigenvalue weighted by Crippen LogP contribution is -2.38. The molecule has 2 amide bonds. The van der Waals surface area contributed by atoms with Crippen LogP contribution in [0.1, 0.15) is 18.4 Å². The molecule has 0 aromatic heterocycles. The Bertz CT molecular complexity index is 759. The van der Waals surface area contributed by atoms with Crippen LogP contribution in [0.2, 0.25) is 0 Å². The fourth-order valence-corrected chi connectivity index (χ4v) is 2.67. The van der Waals surface area contributed by atoms with Crippen LogP contribution in [0.4, 0.5) is 9.18 Å². The summed E-state index contributed by atoms with van der Waals surface area (Å²) in [5, 5.41) is 11.2. The molecule has 0 saturated carbocycles. The van der Waals surface area contributed by atoms with Gasteiger partial charge in [0.1, 0.15) is 17.3 Å². The highest BCUT2D eigenvalue weighted by atomic mass is 19.1. The number of halogens is 1. The van der Waals surface area contributed by atoms with Crippen LogP contribution < -0.4 is 15.5 Å². The molecule has 24 heavy (non-hydrogen) atoms. The van der Waals surface area contributed by atoms with Crippen LogP contribution in [0, 0.1) is 5.82 Å². The SMILES string of the molecule is O=C(NO)NC1C=C(c2cccc(Oc3ccc(F)cc3)c2)CC1. The molecule has 0 radical (unpaired) electrons. The van der Waals surface area contributed by atoms with E-state index in [2.05, 4.69) is 5.32 Å². The molecule has 0 fully saturated rings. The summed E-state index contributed by atoms with van der Waals surface area (Å²) in [5.41, 5.74) is 3.66. The van der Waals surface area contributed by atoms with E-state index in [4.69, 9.17) is 9.94 Å². The van der Waals surface area contributed by atoms with Crippen molar-refractivity contribution < 1.29 is 19.1 Å². The second kappa shape index (κ2) is 7.14. The van der Waals surface area contributed by atoms with Crippen molar-refractivity contribution in [2.45, 2.75) is 18.9 Å². The molecule has 6 heteroatoms. The van der Waals surface area contributed by atoms with Crippen LogP contribution >= 0.6 is 0 Å². The van der Waals surface area contributed by atoms with E-state index in [1.807, 2.05) is 30.3 Å². The summed E-state index contributed by atoms with van der Waals surface area (Å²) in [6.45, 7) is 0. The van der Waals surface area contributed by atoms with Gasteiger partial charge in [-0.3, -0.25) is 5.21 Å². The minimum absolute atomic E-state index is 0.117. The molecule has 5 nitrogen and oxygen atoms in total. The Morgan fingerprint density at radius 2 is 1.96 bits per heavy atom. The van der Waals surface area contributed by atoms with E-state index in [-0.39, 0.29) is 11.9 Å². The summed E-state index contributed by atoms with van der Waals surface area (Å²) in [4.78, 5) is 11.1. The van der Waals surface area contributed by atoms with Crippen LogP contribution in [-0.4, -0.2) is 17.3 Å². The first-order valence-corrected chi connectivity index (χ1v) is 7.59. The highest BCUT2D eigenvalue weighted by molar-refractivity contribution is 5.75. The molecule has 0 heterocycles. The fourth-order valence-electron chi connectivity index (χ4n) is 2.67. The maximum atomic E-state index is 12.9. The van der Waals surface area contributed by atoms with Crippen LogP contribution in [0.5, 0.6) is 11.5 Å². The van der Waals surface area contributed by atoms with E-state index >= 15 is 0 Å². The van der Waals surface area contributed by atoms with E-state index < -0.39 is 6.03 Å². The van der Waals surface area contributed by atoms with Crippen molar-refractivity contribution in [1.82, 2.24) is 10.8 Å². The number of hydrogen-bond acceptors (Lipinski definition) is 3. The molecule has 2 aromatic carbocycles. The van der Waals surface area contributed by atoms with Crippen molar-refractivity contribution >= 4 is 11.6 Å². The molecular weight excluding hydrogens is 311 g/mol. The number of rotatable bonds is 4. The molecule has 0 saturated heterocycles. The number of hydrogen-bond donors (Lipinski definition) is 3. The van der Waals surface area contributed by atoms with E-state index in [0.717, 1.165) is 24.0 Å². The summed E-state index contributed by atoms with van der Waals surface area (Å²) >= 11 is 0. The molecular formula is C18H17FN2O3. The third-order valence-corrected chi connectivity index (χ3v) is 3.80. The molecule has 3 rings (SSSR count). The van der Waals surface area contributed by atoms with E-state index in [9.17, 15) is 9.18 Å². The van der Waals surface area contributed by atoms with Gasteiger partial charge in [0.2, 0.25) is 0 Å². The first-order chi connectivity index (χ1) is 11.6. The van der Waals surface area contributed by atoms with Crippen molar-refractivity contribution in [2.24, 2.45) is 0 Å². The normalized spacial score (nSPS) is 16.4. The van der Waals surface area contributed by atoms with E-state index in [1.54, 1.807) is 17.6 Å². The summed E-state index contributed by atoms with van der Waals surface area (Å²) in [6.07, 6.45) is 3.55. The van der Waals surface area contributed by atoms with Gasteiger partial charge in [-0.15, -0.1) is 0 Å². The number of amides is 2. The van der Waals surface area contributed by atoms with Gasteiger partial charge in [-0.05, 0) is 60.4 Å². The molecule has 0 aliphatic heterocycles. The quantitative estimate of drug-likeness (QED) is 0.590. The number of hydroxylamine groups is 1. The highest BCUT2D eigenvalue weighted by Crippen LogP contribution is 2.31. The minimum atomic E-state index is -0.620. The van der Waals surface area contributed by atoms with Crippen molar-refractivity contribution in [3.8, 4) is 11.5 Å². The zero-order valence-corrected chi connectivity index (χ0v) is 12.8.